The van der Waals surface area contributed by atoms with E-state index in [2.05, 4.69) is 17.4 Å². The molecule has 0 aliphatic carbocycles. The highest BCUT2D eigenvalue weighted by Crippen LogP contribution is 2.20. The second-order valence-electron chi connectivity index (χ2n) is 6.70. The van der Waals surface area contributed by atoms with E-state index in [4.69, 9.17) is 0 Å². The second-order valence-corrected chi connectivity index (χ2v) is 6.70. The van der Waals surface area contributed by atoms with Crippen molar-refractivity contribution in [3.63, 3.8) is 0 Å². The summed E-state index contributed by atoms with van der Waals surface area (Å²) in [6.07, 6.45) is 2.04. The largest absolute Gasteiger partial charge is 0.351 e. The van der Waals surface area contributed by atoms with Gasteiger partial charge in [-0.05, 0) is 32.3 Å². The van der Waals surface area contributed by atoms with Crippen LogP contribution in [0.15, 0.2) is 30.3 Å². The summed E-state index contributed by atoms with van der Waals surface area (Å²) >= 11 is 0. The third kappa shape index (κ3) is 4.33. The van der Waals surface area contributed by atoms with Gasteiger partial charge in [0.1, 0.15) is 0 Å². The van der Waals surface area contributed by atoms with Gasteiger partial charge in [0.05, 0.1) is 5.92 Å². The Morgan fingerprint density at radius 1 is 1.32 bits per heavy atom. The van der Waals surface area contributed by atoms with Crippen molar-refractivity contribution in [2.75, 3.05) is 13.1 Å². The third-order valence-corrected chi connectivity index (χ3v) is 4.44. The van der Waals surface area contributed by atoms with E-state index < -0.39 is 0 Å². The van der Waals surface area contributed by atoms with Crippen LogP contribution in [0, 0.1) is 5.92 Å². The maximum absolute atomic E-state index is 12.3. The summed E-state index contributed by atoms with van der Waals surface area (Å²) in [4.78, 5) is 26.2. The first-order valence-corrected chi connectivity index (χ1v) is 8.05. The van der Waals surface area contributed by atoms with E-state index in [0.717, 1.165) is 12.8 Å². The van der Waals surface area contributed by atoms with Crippen molar-refractivity contribution in [1.29, 1.82) is 0 Å². The standard InChI is InChI=1S/C18H26N2O2/c1-4-18(2,3)19-17(22)15-12-16(21)20(13-15)11-10-14-8-6-5-7-9-14/h5-9,15H,4,10-13H2,1-3H3,(H,19,22)/t15-/m0/s1. The van der Waals surface area contributed by atoms with E-state index >= 15 is 0 Å². The molecule has 1 fully saturated rings. The Balaban J connectivity index is 1.86. The molecular formula is C18H26N2O2. The van der Waals surface area contributed by atoms with Crippen LogP contribution < -0.4 is 5.32 Å². The van der Waals surface area contributed by atoms with Gasteiger partial charge in [-0.3, -0.25) is 9.59 Å². The van der Waals surface area contributed by atoms with Crippen LogP contribution in [-0.4, -0.2) is 35.3 Å². The molecule has 1 saturated heterocycles. The number of hydrogen-bond donors (Lipinski definition) is 1. The van der Waals surface area contributed by atoms with E-state index in [1.807, 2.05) is 43.9 Å². The summed E-state index contributed by atoms with van der Waals surface area (Å²) < 4.78 is 0. The number of hydrogen-bond acceptors (Lipinski definition) is 2. The van der Waals surface area contributed by atoms with Gasteiger partial charge < -0.3 is 10.2 Å². The smallest absolute Gasteiger partial charge is 0.225 e. The second kappa shape index (κ2) is 6.95. The Hall–Kier alpha value is -1.84. The van der Waals surface area contributed by atoms with E-state index in [0.29, 0.717) is 19.5 Å². The van der Waals surface area contributed by atoms with Crippen molar-refractivity contribution >= 4 is 11.8 Å². The van der Waals surface area contributed by atoms with Gasteiger partial charge in [0.2, 0.25) is 11.8 Å². The summed E-state index contributed by atoms with van der Waals surface area (Å²) in [5.41, 5.74) is 1.01. The van der Waals surface area contributed by atoms with E-state index in [-0.39, 0.29) is 23.3 Å². The Morgan fingerprint density at radius 3 is 2.64 bits per heavy atom. The lowest BCUT2D eigenvalue weighted by Gasteiger charge is -2.26. The Bertz CT molecular complexity index is 525. The zero-order valence-electron chi connectivity index (χ0n) is 13.8. The number of carbonyl (C=O) groups excluding carboxylic acids is 2. The molecule has 1 aliphatic rings. The molecule has 4 nitrogen and oxygen atoms in total. The van der Waals surface area contributed by atoms with Gasteiger partial charge in [-0.2, -0.15) is 0 Å². The molecule has 2 amide bonds. The molecule has 120 valence electrons. The van der Waals surface area contributed by atoms with E-state index in [9.17, 15) is 9.59 Å². The first-order valence-electron chi connectivity index (χ1n) is 8.05. The molecule has 1 aromatic rings. The highest BCUT2D eigenvalue weighted by Gasteiger charge is 2.35. The first-order chi connectivity index (χ1) is 10.4. The predicted molar refractivity (Wildman–Crippen MR) is 87.3 cm³/mol. The van der Waals surface area contributed by atoms with Crippen molar-refractivity contribution in [2.45, 2.75) is 45.6 Å². The molecule has 1 heterocycles. The maximum Gasteiger partial charge on any atom is 0.225 e. The van der Waals surface area contributed by atoms with Crippen molar-refractivity contribution in [3.8, 4) is 0 Å². The molecule has 0 saturated carbocycles. The molecule has 1 aromatic carbocycles. The van der Waals surface area contributed by atoms with Gasteiger partial charge in [-0.1, -0.05) is 37.3 Å². The van der Waals surface area contributed by atoms with Crippen LogP contribution in [0.1, 0.15) is 39.2 Å². The van der Waals surface area contributed by atoms with Crippen LogP contribution in [0.2, 0.25) is 0 Å². The minimum absolute atomic E-state index is 0.00223. The molecule has 0 aromatic heterocycles. The highest BCUT2D eigenvalue weighted by atomic mass is 16.2. The number of nitrogens with one attached hydrogen (secondary N) is 1. The molecule has 0 unspecified atom stereocenters. The monoisotopic (exact) mass is 302 g/mol. The molecule has 0 radical (unpaired) electrons. The third-order valence-electron chi connectivity index (χ3n) is 4.44. The zero-order valence-corrected chi connectivity index (χ0v) is 13.8. The van der Waals surface area contributed by atoms with Gasteiger partial charge in [0.15, 0.2) is 0 Å². The lowest BCUT2D eigenvalue weighted by Crippen LogP contribution is -2.46. The molecule has 4 heteroatoms. The molecule has 0 spiro atoms. The Morgan fingerprint density at radius 2 is 2.00 bits per heavy atom. The number of amides is 2. The predicted octanol–water partition coefficient (Wildman–Crippen LogP) is 2.38. The van der Waals surface area contributed by atoms with Crippen LogP contribution in [0.5, 0.6) is 0 Å². The van der Waals surface area contributed by atoms with Crippen LogP contribution in [-0.2, 0) is 16.0 Å². The lowest BCUT2D eigenvalue weighted by molar-refractivity contribution is -0.129. The average molecular weight is 302 g/mol. The van der Waals surface area contributed by atoms with Gasteiger partial charge in [0.25, 0.3) is 0 Å². The average Bonchev–Trinajstić information content (AvgIpc) is 2.87. The summed E-state index contributed by atoms with van der Waals surface area (Å²) in [6, 6.07) is 10.1. The highest BCUT2D eigenvalue weighted by molar-refractivity contribution is 5.89. The van der Waals surface area contributed by atoms with Crippen molar-refractivity contribution in [2.24, 2.45) is 5.92 Å². The fraction of sp³-hybridized carbons (Fsp3) is 0.556. The minimum atomic E-state index is -0.214. The maximum atomic E-state index is 12.3. The summed E-state index contributed by atoms with van der Waals surface area (Å²) in [5.74, 6) is -0.123. The first kappa shape index (κ1) is 16.5. The van der Waals surface area contributed by atoms with E-state index in [1.165, 1.54) is 5.56 Å². The van der Waals surface area contributed by atoms with Crippen molar-refractivity contribution in [3.05, 3.63) is 35.9 Å². The fourth-order valence-corrected chi connectivity index (χ4v) is 2.60. The summed E-state index contributed by atoms with van der Waals surface area (Å²) in [5, 5.41) is 3.04. The van der Waals surface area contributed by atoms with E-state index in [1.54, 1.807) is 0 Å². The van der Waals surface area contributed by atoms with Gasteiger partial charge in [0, 0.05) is 25.0 Å². The van der Waals surface area contributed by atoms with Gasteiger partial charge >= 0.3 is 0 Å². The minimum Gasteiger partial charge on any atom is -0.351 e. The topological polar surface area (TPSA) is 49.4 Å². The number of rotatable bonds is 6. The number of nitrogens with zero attached hydrogens (tertiary/aromatic N) is 1. The van der Waals surface area contributed by atoms with Crippen LogP contribution in [0.25, 0.3) is 0 Å². The molecule has 22 heavy (non-hydrogen) atoms. The molecule has 1 N–H and O–H groups in total. The van der Waals surface area contributed by atoms with Crippen LogP contribution in [0.3, 0.4) is 0 Å². The summed E-state index contributed by atoms with van der Waals surface area (Å²) in [7, 11) is 0. The summed E-state index contributed by atoms with van der Waals surface area (Å²) in [6.45, 7) is 7.29. The van der Waals surface area contributed by atoms with Gasteiger partial charge in [-0.25, -0.2) is 0 Å². The Kier molecular flexibility index (Phi) is 5.22. The quantitative estimate of drug-likeness (QED) is 0.877. The molecule has 2 rings (SSSR count). The fourth-order valence-electron chi connectivity index (χ4n) is 2.60. The molecule has 0 bridgehead atoms. The van der Waals surface area contributed by atoms with Gasteiger partial charge in [-0.15, -0.1) is 0 Å². The lowest BCUT2D eigenvalue weighted by atomic mass is 9.99. The normalized spacial score (nSPS) is 18.6. The zero-order chi connectivity index (χ0) is 16.2. The molecule has 1 atom stereocenters. The SMILES string of the molecule is CCC(C)(C)NC(=O)[C@H]1CC(=O)N(CCc2ccccc2)C1. The van der Waals surface area contributed by atoms with Crippen molar-refractivity contribution < 1.29 is 9.59 Å². The molecule has 1 aliphatic heterocycles. The Labute approximate surface area is 132 Å². The number of benzene rings is 1. The number of likely N-dealkylation sites (tertiary alicyclic amines) is 1. The van der Waals surface area contributed by atoms with Crippen LogP contribution in [0.4, 0.5) is 0 Å². The number of carbonyl (C=O) groups is 2. The molecular weight excluding hydrogens is 276 g/mol. The van der Waals surface area contributed by atoms with Crippen LogP contribution >= 0.6 is 0 Å². The van der Waals surface area contributed by atoms with Crippen molar-refractivity contribution in [1.82, 2.24) is 10.2 Å².